The molecule has 0 aliphatic rings. The van der Waals surface area contributed by atoms with Crippen molar-refractivity contribution in [1.82, 2.24) is 0 Å². The monoisotopic (exact) mass is 175 g/mol. The number of rotatable bonds is 5. The molecule has 0 heterocycles. The van der Waals surface area contributed by atoms with Crippen molar-refractivity contribution < 1.29 is 0 Å². The van der Waals surface area contributed by atoms with E-state index in [1.54, 1.807) is 0 Å². The molecular formula is C10H24P+. The van der Waals surface area contributed by atoms with Gasteiger partial charge in [-0.3, -0.25) is 0 Å². The van der Waals surface area contributed by atoms with Crippen LogP contribution in [0, 0.1) is 5.92 Å². The Kier molecular flexibility index (Phi) is 5.34. The van der Waals surface area contributed by atoms with E-state index in [0.717, 1.165) is 5.92 Å². The fraction of sp³-hybridized carbons (Fsp3) is 1.00. The summed E-state index contributed by atoms with van der Waals surface area (Å²) in [4.78, 5) is 0. The van der Waals surface area contributed by atoms with Crippen molar-refractivity contribution in [2.24, 2.45) is 5.92 Å². The molecule has 0 unspecified atom stereocenters. The highest BCUT2D eigenvalue weighted by Crippen LogP contribution is 2.53. The molecule has 0 bridgehead atoms. The summed E-state index contributed by atoms with van der Waals surface area (Å²) in [7, 11) is -0.515. The van der Waals surface area contributed by atoms with Gasteiger partial charge < -0.3 is 0 Å². The molecule has 0 spiro atoms. The molecule has 0 fully saturated rings. The topological polar surface area (TPSA) is 0 Å². The third-order valence-corrected chi connectivity index (χ3v) is 5.22. The largest absolute Gasteiger partial charge is 0.0652 e. The number of hydrogen-bond acceptors (Lipinski definition) is 0. The Labute approximate surface area is 73.1 Å². The molecule has 0 aromatic carbocycles. The Morgan fingerprint density at radius 2 is 1.73 bits per heavy atom. The molecule has 0 radical (unpaired) electrons. The minimum atomic E-state index is -0.515. The van der Waals surface area contributed by atoms with Crippen molar-refractivity contribution in [3.05, 3.63) is 0 Å². The van der Waals surface area contributed by atoms with E-state index in [-0.39, 0.29) is 0 Å². The lowest BCUT2D eigenvalue weighted by Crippen LogP contribution is -2.05. The minimum absolute atomic E-state index is 0.515. The van der Waals surface area contributed by atoms with Crippen LogP contribution in [0.3, 0.4) is 0 Å². The molecule has 0 saturated heterocycles. The smallest absolute Gasteiger partial charge is 0.0611 e. The summed E-state index contributed by atoms with van der Waals surface area (Å²) >= 11 is 0. The van der Waals surface area contributed by atoms with Gasteiger partial charge in [0.05, 0.1) is 12.3 Å². The van der Waals surface area contributed by atoms with Crippen molar-refractivity contribution >= 4 is 7.26 Å². The molecule has 1 heteroatoms. The van der Waals surface area contributed by atoms with E-state index in [0.29, 0.717) is 0 Å². The fourth-order valence-electron chi connectivity index (χ4n) is 1.67. The first-order valence-electron chi connectivity index (χ1n) is 4.80. The molecular weight excluding hydrogens is 151 g/mol. The third-order valence-electron chi connectivity index (χ3n) is 1.98. The van der Waals surface area contributed by atoms with Crippen LogP contribution in [-0.4, -0.2) is 25.7 Å². The summed E-state index contributed by atoms with van der Waals surface area (Å²) in [6.07, 6.45) is 5.78. The molecule has 0 aromatic heterocycles. The van der Waals surface area contributed by atoms with Gasteiger partial charge in [-0.2, -0.15) is 0 Å². The summed E-state index contributed by atoms with van der Waals surface area (Å²) in [6.45, 7) is 12.0. The molecule has 0 amide bonds. The summed E-state index contributed by atoms with van der Waals surface area (Å²) < 4.78 is 0. The van der Waals surface area contributed by atoms with Gasteiger partial charge in [0, 0.05) is 20.6 Å². The maximum Gasteiger partial charge on any atom is 0.0611 e. The Morgan fingerprint density at radius 1 is 1.18 bits per heavy atom. The average Bonchev–Trinajstić information content (AvgIpc) is 1.81. The Bertz CT molecular complexity index is 95.0. The van der Waals surface area contributed by atoms with Crippen molar-refractivity contribution in [2.75, 3.05) is 25.7 Å². The lowest BCUT2D eigenvalue weighted by molar-refractivity contribution is 0.738. The zero-order valence-corrected chi connectivity index (χ0v) is 9.75. The second-order valence-electron chi connectivity index (χ2n) is 4.59. The van der Waals surface area contributed by atoms with Crippen LogP contribution in [0.4, 0.5) is 0 Å². The van der Waals surface area contributed by atoms with E-state index < -0.39 is 7.26 Å². The number of unbranched alkanes of at least 4 members (excludes halogenated alkanes) is 1. The lowest BCUT2D eigenvalue weighted by atomic mass is 10.3. The highest BCUT2D eigenvalue weighted by Gasteiger charge is 2.24. The van der Waals surface area contributed by atoms with Crippen LogP contribution in [-0.2, 0) is 0 Å². The van der Waals surface area contributed by atoms with E-state index >= 15 is 0 Å². The standard InChI is InChI=1S/C10H24P/c1-6-7-8-11(4,5)9-10(2)3/h10H,6-9H2,1-5H3/q+1. The van der Waals surface area contributed by atoms with Gasteiger partial charge in [-0.05, 0) is 12.3 Å². The molecule has 0 saturated carbocycles. The van der Waals surface area contributed by atoms with E-state index in [2.05, 4.69) is 34.1 Å². The van der Waals surface area contributed by atoms with Crippen molar-refractivity contribution in [3.63, 3.8) is 0 Å². The van der Waals surface area contributed by atoms with E-state index in [9.17, 15) is 0 Å². The molecule has 0 atom stereocenters. The van der Waals surface area contributed by atoms with Crippen molar-refractivity contribution in [2.45, 2.75) is 33.6 Å². The molecule has 0 rings (SSSR count). The molecule has 0 aromatic rings. The Balaban J connectivity index is 3.61. The van der Waals surface area contributed by atoms with E-state index in [4.69, 9.17) is 0 Å². The molecule has 68 valence electrons. The van der Waals surface area contributed by atoms with Gasteiger partial charge in [-0.15, -0.1) is 0 Å². The van der Waals surface area contributed by atoms with Gasteiger partial charge in [0.15, 0.2) is 0 Å². The summed E-state index contributed by atoms with van der Waals surface area (Å²) in [5.74, 6) is 0.898. The zero-order valence-electron chi connectivity index (χ0n) is 8.85. The normalized spacial score (nSPS) is 12.5. The molecule has 0 nitrogen and oxygen atoms in total. The van der Waals surface area contributed by atoms with Crippen LogP contribution in [0.2, 0.25) is 0 Å². The second-order valence-corrected chi connectivity index (χ2v) is 9.27. The predicted molar refractivity (Wildman–Crippen MR) is 58.2 cm³/mol. The van der Waals surface area contributed by atoms with E-state index in [1.165, 1.54) is 25.2 Å². The van der Waals surface area contributed by atoms with E-state index in [1.807, 2.05) is 0 Å². The fourth-order valence-corrected chi connectivity index (χ4v) is 5.00. The maximum absolute atomic E-state index is 2.50. The van der Waals surface area contributed by atoms with Gasteiger partial charge in [0.1, 0.15) is 0 Å². The molecule has 0 aliphatic carbocycles. The summed E-state index contributed by atoms with van der Waals surface area (Å²) in [5, 5.41) is 0. The van der Waals surface area contributed by atoms with Gasteiger partial charge in [0.25, 0.3) is 0 Å². The van der Waals surface area contributed by atoms with Crippen LogP contribution in [0.25, 0.3) is 0 Å². The lowest BCUT2D eigenvalue weighted by Gasteiger charge is -2.19. The Hall–Kier alpha value is 0.430. The second kappa shape index (κ2) is 5.14. The average molecular weight is 175 g/mol. The minimum Gasteiger partial charge on any atom is -0.0652 e. The van der Waals surface area contributed by atoms with Gasteiger partial charge in [0.2, 0.25) is 0 Å². The first-order valence-corrected chi connectivity index (χ1v) is 7.85. The first kappa shape index (κ1) is 11.4. The zero-order chi connectivity index (χ0) is 8.91. The molecule has 11 heavy (non-hydrogen) atoms. The Morgan fingerprint density at radius 3 is 2.09 bits per heavy atom. The van der Waals surface area contributed by atoms with Crippen LogP contribution < -0.4 is 0 Å². The van der Waals surface area contributed by atoms with Crippen LogP contribution in [0.1, 0.15) is 33.6 Å². The van der Waals surface area contributed by atoms with Crippen molar-refractivity contribution in [1.29, 1.82) is 0 Å². The summed E-state index contributed by atoms with van der Waals surface area (Å²) in [6, 6.07) is 0. The van der Waals surface area contributed by atoms with Crippen molar-refractivity contribution in [3.8, 4) is 0 Å². The number of hydrogen-bond donors (Lipinski definition) is 0. The third kappa shape index (κ3) is 6.81. The summed E-state index contributed by atoms with van der Waals surface area (Å²) in [5.41, 5.74) is 0. The highest BCUT2D eigenvalue weighted by atomic mass is 31.2. The first-order chi connectivity index (χ1) is 4.98. The van der Waals surface area contributed by atoms with Crippen LogP contribution >= 0.6 is 7.26 Å². The van der Waals surface area contributed by atoms with Gasteiger partial charge in [-0.25, -0.2) is 0 Å². The SMILES string of the molecule is CCCC[P+](C)(C)CC(C)C. The van der Waals surface area contributed by atoms with Gasteiger partial charge in [-0.1, -0.05) is 27.2 Å². The highest BCUT2D eigenvalue weighted by molar-refractivity contribution is 7.74. The van der Waals surface area contributed by atoms with Crippen LogP contribution in [0.15, 0.2) is 0 Å². The maximum atomic E-state index is 2.50. The quantitative estimate of drug-likeness (QED) is 0.559. The van der Waals surface area contributed by atoms with Crippen LogP contribution in [0.5, 0.6) is 0 Å². The van der Waals surface area contributed by atoms with Gasteiger partial charge >= 0.3 is 0 Å². The molecule has 0 N–H and O–H groups in total. The molecule has 0 aliphatic heterocycles. The predicted octanol–water partition coefficient (Wildman–Crippen LogP) is 3.72.